The molecular weight excluding hydrogens is 499 g/mol. The van der Waals surface area contributed by atoms with Crippen molar-refractivity contribution in [3.8, 4) is 0 Å². The van der Waals surface area contributed by atoms with Crippen LogP contribution in [0.3, 0.4) is 0 Å². The van der Waals surface area contributed by atoms with Crippen molar-refractivity contribution in [3.05, 3.63) is 83.8 Å². The summed E-state index contributed by atoms with van der Waals surface area (Å²) in [5, 5.41) is 3.41. The Bertz CT molecular complexity index is 1240. The molecule has 0 saturated carbocycles. The van der Waals surface area contributed by atoms with Crippen molar-refractivity contribution in [3.63, 3.8) is 0 Å². The number of carbonyl (C=O) groups is 2. The number of nitrogens with zero attached hydrogens (tertiary/aromatic N) is 3. The van der Waals surface area contributed by atoms with E-state index in [1.807, 2.05) is 60.2 Å². The molecule has 1 aliphatic heterocycles. The number of amides is 2. The molecule has 1 unspecified atom stereocenters. The van der Waals surface area contributed by atoms with Crippen LogP contribution >= 0.6 is 11.8 Å². The summed E-state index contributed by atoms with van der Waals surface area (Å²) in [5.74, 6) is -0.534. The van der Waals surface area contributed by atoms with Gasteiger partial charge in [-0.15, -0.1) is 11.8 Å². The highest BCUT2D eigenvalue weighted by Gasteiger charge is 2.35. The lowest BCUT2D eigenvalue weighted by Gasteiger charge is -2.38. The molecule has 2 aromatic carbocycles. The number of rotatable bonds is 9. The highest BCUT2D eigenvalue weighted by molar-refractivity contribution is 7.98. The van der Waals surface area contributed by atoms with Crippen LogP contribution in [-0.2, 0) is 4.79 Å². The molecule has 200 valence electrons. The molecule has 38 heavy (non-hydrogen) atoms. The fraction of sp³-hybridized carbons (Fsp3) is 0.367. The lowest BCUT2D eigenvalue weighted by Crippen LogP contribution is -2.42. The molecular formula is C30H35FN4O2S. The summed E-state index contributed by atoms with van der Waals surface area (Å²) >= 11 is 1.39. The van der Waals surface area contributed by atoms with E-state index in [1.165, 1.54) is 17.8 Å². The zero-order chi connectivity index (χ0) is 27.1. The van der Waals surface area contributed by atoms with Crippen LogP contribution in [0.2, 0.25) is 0 Å². The number of thioether (sulfide) groups is 1. The average molecular weight is 535 g/mol. The Balaban J connectivity index is 1.45. The fourth-order valence-electron chi connectivity index (χ4n) is 5.25. The van der Waals surface area contributed by atoms with Gasteiger partial charge in [0.2, 0.25) is 5.91 Å². The van der Waals surface area contributed by atoms with Crippen molar-refractivity contribution in [1.82, 2.24) is 9.88 Å². The Labute approximate surface area is 228 Å². The second-order valence-corrected chi connectivity index (χ2v) is 10.2. The molecule has 1 saturated heterocycles. The molecule has 3 aromatic rings. The van der Waals surface area contributed by atoms with Crippen molar-refractivity contribution in [2.75, 3.05) is 42.7 Å². The summed E-state index contributed by atoms with van der Waals surface area (Å²) in [7, 11) is 0. The zero-order valence-electron chi connectivity index (χ0n) is 22.2. The maximum absolute atomic E-state index is 15.2. The van der Waals surface area contributed by atoms with Crippen LogP contribution < -0.4 is 10.2 Å². The Kier molecular flexibility index (Phi) is 9.39. The predicted octanol–water partition coefficient (Wildman–Crippen LogP) is 6.06. The van der Waals surface area contributed by atoms with Gasteiger partial charge in [-0.3, -0.25) is 9.59 Å². The molecule has 8 heteroatoms. The molecule has 1 aliphatic rings. The average Bonchev–Trinajstić information content (AvgIpc) is 2.95. The largest absolute Gasteiger partial charge is 0.369 e. The van der Waals surface area contributed by atoms with Crippen LogP contribution in [-0.4, -0.2) is 54.1 Å². The predicted molar refractivity (Wildman–Crippen MR) is 152 cm³/mol. The summed E-state index contributed by atoms with van der Waals surface area (Å²) < 4.78 is 15.2. The number of likely N-dealkylation sites (N-methyl/N-ethyl adjacent to an activating group) is 1. The molecule has 1 fully saturated rings. The van der Waals surface area contributed by atoms with Crippen LogP contribution in [0.4, 0.5) is 15.8 Å². The molecule has 1 N–H and O–H groups in total. The first kappa shape index (κ1) is 27.6. The van der Waals surface area contributed by atoms with Gasteiger partial charge >= 0.3 is 0 Å². The van der Waals surface area contributed by atoms with Gasteiger partial charge < -0.3 is 15.1 Å². The van der Waals surface area contributed by atoms with Gasteiger partial charge in [0.25, 0.3) is 5.91 Å². The van der Waals surface area contributed by atoms with E-state index in [0.717, 1.165) is 18.4 Å². The smallest absolute Gasteiger partial charge is 0.258 e. The van der Waals surface area contributed by atoms with Crippen molar-refractivity contribution >= 4 is 35.0 Å². The molecule has 0 radical (unpaired) electrons. The summed E-state index contributed by atoms with van der Waals surface area (Å²) in [6, 6.07) is 18.3. The maximum atomic E-state index is 15.2. The van der Waals surface area contributed by atoms with Crippen molar-refractivity contribution in [2.24, 2.45) is 5.92 Å². The van der Waals surface area contributed by atoms with Gasteiger partial charge in [-0.2, -0.15) is 0 Å². The van der Waals surface area contributed by atoms with Crippen molar-refractivity contribution in [2.45, 2.75) is 37.6 Å². The second-order valence-electron chi connectivity index (χ2n) is 9.40. The Morgan fingerprint density at radius 2 is 1.79 bits per heavy atom. The lowest BCUT2D eigenvalue weighted by molar-refractivity contribution is -0.134. The molecule has 2 amide bonds. The lowest BCUT2D eigenvalue weighted by atomic mass is 9.79. The minimum Gasteiger partial charge on any atom is -0.369 e. The Hall–Kier alpha value is -3.39. The number of halogens is 1. The summed E-state index contributed by atoms with van der Waals surface area (Å²) in [6.07, 6.45) is 5.09. The first-order valence-corrected chi connectivity index (χ1v) is 14.4. The van der Waals surface area contributed by atoms with Crippen molar-refractivity contribution in [1.29, 1.82) is 0 Å². The van der Waals surface area contributed by atoms with E-state index in [4.69, 9.17) is 0 Å². The Morgan fingerprint density at radius 3 is 2.42 bits per heavy atom. The van der Waals surface area contributed by atoms with Gasteiger partial charge in [-0.1, -0.05) is 30.3 Å². The summed E-state index contributed by atoms with van der Waals surface area (Å²) in [6.45, 7) is 6.72. The van der Waals surface area contributed by atoms with E-state index < -0.39 is 0 Å². The highest BCUT2D eigenvalue weighted by Crippen LogP contribution is 2.36. The quantitative estimate of drug-likeness (QED) is 0.338. The molecule has 0 aliphatic carbocycles. The van der Waals surface area contributed by atoms with E-state index in [-0.39, 0.29) is 29.5 Å². The van der Waals surface area contributed by atoms with Crippen LogP contribution in [0, 0.1) is 11.7 Å². The molecule has 1 atom stereocenters. The van der Waals surface area contributed by atoms with E-state index in [9.17, 15) is 9.59 Å². The van der Waals surface area contributed by atoms with Gasteiger partial charge in [-0.05, 0) is 74.8 Å². The van der Waals surface area contributed by atoms with Gasteiger partial charge in [0.15, 0.2) is 0 Å². The summed E-state index contributed by atoms with van der Waals surface area (Å²) in [5.41, 5.74) is 2.42. The van der Waals surface area contributed by atoms with E-state index in [0.29, 0.717) is 48.1 Å². The zero-order valence-corrected chi connectivity index (χ0v) is 23.0. The third kappa shape index (κ3) is 6.18. The number of piperidine rings is 1. The van der Waals surface area contributed by atoms with E-state index >= 15 is 4.39 Å². The number of benzene rings is 2. The first-order chi connectivity index (χ1) is 18.5. The molecule has 0 bridgehead atoms. The van der Waals surface area contributed by atoms with Crippen LogP contribution in [0.5, 0.6) is 0 Å². The number of carbonyl (C=O) groups excluding carboxylic acids is 2. The SMILES string of the molecule is CCN(CC)C(=O)C(c1ccccc1)C1CCN(c2ccc(NC(=O)c3cccnc3SC)cc2F)CC1. The normalized spacial score (nSPS) is 14.7. The third-order valence-electron chi connectivity index (χ3n) is 7.27. The first-order valence-electron chi connectivity index (χ1n) is 13.1. The highest BCUT2D eigenvalue weighted by atomic mass is 32.2. The minimum atomic E-state index is -0.378. The van der Waals surface area contributed by atoms with Gasteiger partial charge in [0.1, 0.15) is 10.8 Å². The number of anilines is 2. The molecule has 1 aromatic heterocycles. The topological polar surface area (TPSA) is 65.5 Å². The number of aromatic nitrogens is 1. The summed E-state index contributed by atoms with van der Waals surface area (Å²) in [4.78, 5) is 34.4. The standard InChI is InChI=1S/C30H35FN4O2S/c1-4-34(5-2)30(37)27(21-10-7-6-8-11-21)22-15-18-35(19-16-22)26-14-13-23(20-25(26)31)33-28(36)24-12-9-17-32-29(24)38-3/h6-14,17,20,22,27H,4-5,15-16,18-19H2,1-3H3,(H,33,36). The van der Waals surface area contributed by atoms with E-state index in [2.05, 4.69) is 10.3 Å². The van der Waals surface area contributed by atoms with Gasteiger partial charge in [0, 0.05) is 38.1 Å². The number of hydrogen-bond donors (Lipinski definition) is 1. The number of pyridine rings is 1. The van der Waals surface area contributed by atoms with Gasteiger partial charge in [0.05, 0.1) is 17.2 Å². The van der Waals surface area contributed by atoms with Crippen molar-refractivity contribution < 1.29 is 14.0 Å². The Morgan fingerprint density at radius 1 is 1.08 bits per heavy atom. The van der Waals surface area contributed by atoms with Gasteiger partial charge in [-0.25, -0.2) is 9.37 Å². The monoisotopic (exact) mass is 534 g/mol. The maximum Gasteiger partial charge on any atom is 0.258 e. The number of nitrogens with one attached hydrogen (secondary N) is 1. The molecule has 4 rings (SSSR count). The van der Waals surface area contributed by atoms with Crippen LogP contribution in [0.15, 0.2) is 71.9 Å². The third-order valence-corrected chi connectivity index (χ3v) is 7.98. The molecule has 6 nitrogen and oxygen atoms in total. The van der Waals surface area contributed by atoms with E-state index in [1.54, 1.807) is 30.5 Å². The fourth-order valence-corrected chi connectivity index (χ4v) is 5.80. The second kappa shape index (κ2) is 12.9. The minimum absolute atomic E-state index is 0.171. The molecule has 0 spiro atoms. The molecule has 2 heterocycles. The number of hydrogen-bond acceptors (Lipinski definition) is 5. The van der Waals surface area contributed by atoms with Crippen LogP contribution in [0.1, 0.15) is 48.5 Å². The van der Waals surface area contributed by atoms with Crippen LogP contribution in [0.25, 0.3) is 0 Å².